The lowest BCUT2D eigenvalue weighted by Crippen LogP contribution is -2.42. The number of carbonyl (C=O) groups excluding carboxylic acids is 1. The maximum atomic E-state index is 12.6. The molecule has 0 radical (unpaired) electrons. The van der Waals surface area contributed by atoms with E-state index in [1.165, 1.54) is 42.4 Å². The van der Waals surface area contributed by atoms with E-state index in [1.807, 2.05) is 23.3 Å². The minimum atomic E-state index is -0.0374. The lowest BCUT2D eigenvalue weighted by atomic mass is 9.94. The van der Waals surface area contributed by atoms with Gasteiger partial charge in [-0.2, -0.15) is 0 Å². The molecule has 0 saturated heterocycles. The summed E-state index contributed by atoms with van der Waals surface area (Å²) in [4.78, 5) is 31.5. The van der Waals surface area contributed by atoms with Gasteiger partial charge in [0.1, 0.15) is 4.70 Å². The first-order valence-corrected chi connectivity index (χ1v) is 10.3. The first kappa shape index (κ1) is 17.5. The zero-order chi connectivity index (χ0) is 17.1. The van der Waals surface area contributed by atoms with Gasteiger partial charge in [0.25, 0.3) is 5.56 Å². The van der Waals surface area contributed by atoms with Crippen LogP contribution in [-0.4, -0.2) is 38.7 Å². The van der Waals surface area contributed by atoms with Crippen molar-refractivity contribution in [3.63, 3.8) is 0 Å². The van der Waals surface area contributed by atoms with Crippen molar-refractivity contribution in [2.24, 2.45) is 7.05 Å². The molecule has 0 aromatic carbocycles. The third-order valence-corrected chi connectivity index (χ3v) is 6.55. The van der Waals surface area contributed by atoms with Gasteiger partial charge in [0.15, 0.2) is 5.16 Å². The second kappa shape index (κ2) is 7.70. The Bertz CT molecular complexity index is 778. The third-order valence-electron chi connectivity index (χ3n) is 4.65. The summed E-state index contributed by atoms with van der Waals surface area (Å²) < 4.78 is 2.22. The Balaban J connectivity index is 1.71. The number of thioether (sulfide) groups is 1. The maximum absolute atomic E-state index is 12.6. The molecule has 0 aliphatic heterocycles. The van der Waals surface area contributed by atoms with Crippen LogP contribution in [0.25, 0.3) is 10.2 Å². The number of fused-ring (bicyclic) bond motifs is 1. The summed E-state index contributed by atoms with van der Waals surface area (Å²) in [7, 11) is 1.72. The van der Waals surface area contributed by atoms with E-state index in [0.717, 1.165) is 24.9 Å². The van der Waals surface area contributed by atoms with Crippen LogP contribution in [0.5, 0.6) is 0 Å². The minimum absolute atomic E-state index is 0.0374. The molecule has 0 spiro atoms. The Morgan fingerprint density at radius 2 is 2.17 bits per heavy atom. The average molecular weight is 366 g/mol. The van der Waals surface area contributed by atoms with Crippen LogP contribution in [0.3, 0.4) is 0 Å². The molecule has 2 aromatic rings. The minimum Gasteiger partial charge on any atom is -0.339 e. The van der Waals surface area contributed by atoms with Crippen molar-refractivity contribution in [3.8, 4) is 0 Å². The Labute approximate surface area is 150 Å². The van der Waals surface area contributed by atoms with Crippen LogP contribution < -0.4 is 5.56 Å². The molecule has 1 fully saturated rings. The fourth-order valence-electron chi connectivity index (χ4n) is 3.34. The standard InChI is InChI=1S/C17H23N3O2S2/c1-3-20(12-7-5-4-6-8-12)14(21)11-24-17-18-13-9-10-23-15(13)16(22)19(17)2/h9-10,12H,3-8,11H2,1-2H3. The van der Waals surface area contributed by atoms with Crippen molar-refractivity contribution in [3.05, 3.63) is 21.8 Å². The molecule has 0 atom stereocenters. The summed E-state index contributed by atoms with van der Waals surface area (Å²) in [5.41, 5.74) is 0.683. The second-order valence-electron chi connectivity index (χ2n) is 6.15. The Kier molecular flexibility index (Phi) is 5.61. The topological polar surface area (TPSA) is 55.2 Å². The van der Waals surface area contributed by atoms with Gasteiger partial charge in [-0.15, -0.1) is 11.3 Å². The van der Waals surface area contributed by atoms with Gasteiger partial charge in [-0.3, -0.25) is 14.2 Å². The molecule has 3 rings (SSSR count). The SMILES string of the molecule is CCN(C(=O)CSc1nc2ccsc2c(=O)n1C)C1CCCCC1. The van der Waals surface area contributed by atoms with Gasteiger partial charge in [0.05, 0.1) is 11.3 Å². The quantitative estimate of drug-likeness (QED) is 0.603. The predicted octanol–water partition coefficient (Wildman–Crippen LogP) is 3.27. The van der Waals surface area contributed by atoms with Crippen LogP contribution in [0.2, 0.25) is 0 Å². The molecule has 5 nitrogen and oxygen atoms in total. The fraction of sp³-hybridized carbons (Fsp3) is 0.588. The van der Waals surface area contributed by atoms with Gasteiger partial charge in [-0.25, -0.2) is 4.98 Å². The van der Waals surface area contributed by atoms with Crippen LogP contribution in [0.1, 0.15) is 39.0 Å². The molecule has 7 heteroatoms. The van der Waals surface area contributed by atoms with Gasteiger partial charge in [-0.05, 0) is 31.2 Å². The molecular weight excluding hydrogens is 342 g/mol. The zero-order valence-corrected chi connectivity index (χ0v) is 15.8. The molecule has 0 bridgehead atoms. The van der Waals surface area contributed by atoms with Crippen LogP contribution >= 0.6 is 23.1 Å². The highest BCUT2D eigenvalue weighted by atomic mass is 32.2. The second-order valence-corrected chi connectivity index (χ2v) is 8.01. The van der Waals surface area contributed by atoms with E-state index in [4.69, 9.17) is 0 Å². The number of amides is 1. The molecule has 0 unspecified atom stereocenters. The van der Waals surface area contributed by atoms with Crippen LogP contribution in [0.4, 0.5) is 0 Å². The first-order valence-electron chi connectivity index (χ1n) is 8.48. The average Bonchev–Trinajstić information content (AvgIpc) is 3.07. The molecule has 1 aliphatic carbocycles. The molecule has 2 aromatic heterocycles. The number of thiophene rings is 1. The first-order chi connectivity index (χ1) is 11.6. The van der Waals surface area contributed by atoms with Crippen molar-refractivity contribution in [2.75, 3.05) is 12.3 Å². The van der Waals surface area contributed by atoms with E-state index in [9.17, 15) is 9.59 Å². The number of rotatable bonds is 5. The predicted molar refractivity (Wildman–Crippen MR) is 99.8 cm³/mol. The molecule has 1 aliphatic rings. The number of nitrogens with zero attached hydrogens (tertiary/aromatic N) is 3. The van der Waals surface area contributed by atoms with E-state index >= 15 is 0 Å². The van der Waals surface area contributed by atoms with E-state index in [0.29, 0.717) is 21.7 Å². The van der Waals surface area contributed by atoms with Crippen LogP contribution in [0, 0.1) is 0 Å². The smallest absolute Gasteiger partial charge is 0.271 e. The monoisotopic (exact) mass is 365 g/mol. The van der Waals surface area contributed by atoms with Gasteiger partial charge >= 0.3 is 0 Å². The summed E-state index contributed by atoms with van der Waals surface area (Å²) >= 11 is 2.77. The number of hydrogen-bond acceptors (Lipinski definition) is 5. The van der Waals surface area contributed by atoms with Gasteiger partial charge < -0.3 is 4.90 Å². The summed E-state index contributed by atoms with van der Waals surface area (Å²) in [6.45, 7) is 2.79. The van der Waals surface area contributed by atoms with E-state index < -0.39 is 0 Å². The Morgan fingerprint density at radius 1 is 1.42 bits per heavy atom. The van der Waals surface area contributed by atoms with E-state index in [2.05, 4.69) is 4.98 Å². The van der Waals surface area contributed by atoms with E-state index in [-0.39, 0.29) is 11.5 Å². The fourth-order valence-corrected chi connectivity index (χ4v) is 5.00. The molecule has 1 amide bonds. The summed E-state index contributed by atoms with van der Waals surface area (Å²) in [6, 6.07) is 2.24. The highest BCUT2D eigenvalue weighted by Crippen LogP contribution is 2.24. The third kappa shape index (κ3) is 3.52. The maximum Gasteiger partial charge on any atom is 0.271 e. The van der Waals surface area contributed by atoms with Crippen LogP contribution in [0.15, 0.2) is 21.4 Å². The van der Waals surface area contributed by atoms with Gasteiger partial charge in [0.2, 0.25) is 5.91 Å². The molecule has 0 N–H and O–H groups in total. The van der Waals surface area contributed by atoms with Crippen molar-refractivity contribution >= 4 is 39.2 Å². The molecule has 24 heavy (non-hydrogen) atoms. The van der Waals surface area contributed by atoms with Gasteiger partial charge in [-0.1, -0.05) is 31.0 Å². The van der Waals surface area contributed by atoms with Crippen molar-refractivity contribution in [1.82, 2.24) is 14.5 Å². The molecular formula is C17H23N3O2S2. The summed E-state index contributed by atoms with van der Waals surface area (Å²) in [5.74, 6) is 0.481. The Morgan fingerprint density at radius 3 is 2.88 bits per heavy atom. The lowest BCUT2D eigenvalue weighted by Gasteiger charge is -2.33. The Hall–Kier alpha value is -1.34. The number of aromatic nitrogens is 2. The van der Waals surface area contributed by atoms with Gasteiger partial charge in [0, 0.05) is 19.6 Å². The highest BCUT2D eigenvalue weighted by Gasteiger charge is 2.24. The van der Waals surface area contributed by atoms with Crippen LogP contribution in [-0.2, 0) is 11.8 Å². The van der Waals surface area contributed by atoms with Crippen molar-refractivity contribution in [1.29, 1.82) is 0 Å². The summed E-state index contributed by atoms with van der Waals surface area (Å²) in [6.07, 6.45) is 5.94. The molecule has 2 heterocycles. The normalized spacial score (nSPS) is 15.8. The number of carbonyl (C=O) groups is 1. The number of hydrogen-bond donors (Lipinski definition) is 0. The molecule has 1 saturated carbocycles. The van der Waals surface area contributed by atoms with Crippen molar-refractivity contribution < 1.29 is 4.79 Å². The zero-order valence-electron chi connectivity index (χ0n) is 14.2. The van der Waals surface area contributed by atoms with E-state index in [1.54, 1.807) is 11.6 Å². The largest absolute Gasteiger partial charge is 0.339 e. The highest BCUT2D eigenvalue weighted by molar-refractivity contribution is 7.99. The lowest BCUT2D eigenvalue weighted by molar-refractivity contribution is -0.131. The summed E-state index contributed by atoms with van der Waals surface area (Å²) in [5, 5.41) is 2.49. The van der Waals surface area contributed by atoms with Crippen molar-refractivity contribution in [2.45, 2.75) is 50.2 Å². The molecule has 130 valence electrons.